The smallest absolute Gasteiger partial charge is 0.253 e. The summed E-state index contributed by atoms with van der Waals surface area (Å²) in [6.07, 6.45) is 0. The van der Waals surface area contributed by atoms with Crippen molar-refractivity contribution < 1.29 is 9.59 Å². The zero-order chi connectivity index (χ0) is 21.5. The van der Waals surface area contributed by atoms with Crippen LogP contribution in [0.5, 0.6) is 0 Å². The molecule has 7 nitrogen and oxygen atoms in total. The van der Waals surface area contributed by atoms with Crippen molar-refractivity contribution in [3.05, 3.63) is 76.6 Å². The second-order valence-corrected chi connectivity index (χ2v) is 7.98. The van der Waals surface area contributed by atoms with Gasteiger partial charge in [-0.25, -0.2) is 0 Å². The van der Waals surface area contributed by atoms with Crippen LogP contribution in [-0.4, -0.2) is 32.3 Å². The van der Waals surface area contributed by atoms with Crippen LogP contribution in [0.15, 0.2) is 59.8 Å². The zero-order valence-electron chi connectivity index (χ0n) is 16.6. The lowest BCUT2D eigenvalue weighted by Gasteiger charge is -2.14. The van der Waals surface area contributed by atoms with E-state index in [9.17, 15) is 9.59 Å². The molecule has 30 heavy (non-hydrogen) atoms. The molecule has 0 bridgehead atoms. The second-order valence-electron chi connectivity index (χ2n) is 6.63. The molecule has 0 fully saturated rings. The summed E-state index contributed by atoms with van der Waals surface area (Å²) in [4.78, 5) is 24.6. The van der Waals surface area contributed by atoms with Crippen molar-refractivity contribution in [3.8, 4) is 0 Å². The number of nitrogens with zero attached hydrogens (tertiary/aromatic N) is 3. The number of nitrogens with one attached hydrogen (secondary N) is 2. The zero-order valence-corrected chi connectivity index (χ0v) is 18.2. The van der Waals surface area contributed by atoms with Gasteiger partial charge in [-0.15, -0.1) is 10.2 Å². The van der Waals surface area contributed by atoms with E-state index < -0.39 is 0 Å². The summed E-state index contributed by atoms with van der Waals surface area (Å²) in [6.45, 7) is 2.30. The normalized spacial score (nSPS) is 11.7. The number of benzene rings is 2. The molecule has 2 amide bonds. The maximum absolute atomic E-state index is 12.5. The van der Waals surface area contributed by atoms with Crippen molar-refractivity contribution in [1.82, 2.24) is 25.4 Å². The van der Waals surface area contributed by atoms with Gasteiger partial charge in [-0.3, -0.25) is 9.59 Å². The fourth-order valence-corrected chi connectivity index (χ4v) is 3.76. The maximum atomic E-state index is 12.5. The molecule has 0 radical (unpaired) electrons. The van der Waals surface area contributed by atoms with E-state index in [-0.39, 0.29) is 23.6 Å². The van der Waals surface area contributed by atoms with Crippen molar-refractivity contribution in [3.63, 3.8) is 0 Å². The number of carbonyl (C=O) groups excluding carboxylic acids is 2. The van der Waals surface area contributed by atoms with E-state index in [1.807, 2.05) is 37.3 Å². The van der Waals surface area contributed by atoms with Crippen LogP contribution in [0.25, 0.3) is 0 Å². The number of thioether (sulfide) groups is 1. The molecule has 0 saturated carbocycles. The Morgan fingerprint density at radius 2 is 1.80 bits per heavy atom. The first-order valence-corrected chi connectivity index (χ1v) is 10.7. The van der Waals surface area contributed by atoms with Gasteiger partial charge >= 0.3 is 0 Å². The molecule has 9 heteroatoms. The molecule has 0 aliphatic rings. The molecule has 1 unspecified atom stereocenters. The average molecular weight is 444 g/mol. The van der Waals surface area contributed by atoms with E-state index >= 15 is 0 Å². The number of hydrogen-bond acceptors (Lipinski definition) is 5. The Morgan fingerprint density at radius 1 is 1.10 bits per heavy atom. The summed E-state index contributed by atoms with van der Waals surface area (Å²) < 4.78 is 1.77. The van der Waals surface area contributed by atoms with Gasteiger partial charge in [0.05, 0.1) is 22.4 Å². The fourth-order valence-electron chi connectivity index (χ4n) is 2.79. The molecule has 0 aliphatic heterocycles. The first-order chi connectivity index (χ1) is 14.5. The number of hydrogen-bond donors (Lipinski definition) is 2. The van der Waals surface area contributed by atoms with E-state index in [1.54, 1.807) is 35.9 Å². The lowest BCUT2D eigenvalue weighted by molar-refractivity contribution is -0.118. The van der Waals surface area contributed by atoms with E-state index in [1.165, 1.54) is 11.8 Å². The van der Waals surface area contributed by atoms with Crippen LogP contribution in [0, 0.1) is 0 Å². The molecule has 0 aliphatic carbocycles. The maximum Gasteiger partial charge on any atom is 0.253 e. The molecule has 2 aromatic carbocycles. The minimum Gasteiger partial charge on any atom is -0.351 e. The van der Waals surface area contributed by atoms with Gasteiger partial charge in [-0.1, -0.05) is 65.8 Å². The van der Waals surface area contributed by atoms with Crippen LogP contribution in [0.3, 0.4) is 0 Å². The molecular formula is C21H22ClN5O2S. The minimum atomic E-state index is -0.382. The first kappa shape index (κ1) is 21.9. The highest BCUT2D eigenvalue weighted by Gasteiger charge is 2.20. The Hall–Kier alpha value is -2.84. The molecular weight excluding hydrogens is 422 g/mol. The Balaban J connectivity index is 1.54. The molecule has 2 N–H and O–H groups in total. The molecule has 156 valence electrons. The van der Waals surface area contributed by atoms with Gasteiger partial charge in [0.2, 0.25) is 5.91 Å². The predicted octanol–water partition coefficient (Wildman–Crippen LogP) is 3.37. The summed E-state index contributed by atoms with van der Waals surface area (Å²) in [5.41, 5.74) is 1.44. The van der Waals surface area contributed by atoms with Gasteiger partial charge in [0, 0.05) is 13.6 Å². The summed E-state index contributed by atoms with van der Waals surface area (Å²) in [5.74, 6) is 0.431. The summed E-state index contributed by atoms with van der Waals surface area (Å²) in [7, 11) is 1.80. The first-order valence-electron chi connectivity index (χ1n) is 9.34. The Labute approximate surface area is 184 Å². The Kier molecular flexibility index (Phi) is 7.48. The van der Waals surface area contributed by atoms with Gasteiger partial charge in [-0.2, -0.15) is 0 Å². The van der Waals surface area contributed by atoms with E-state index in [2.05, 4.69) is 20.8 Å². The number of halogens is 1. The molecule has 0 spiro atoms. The second kappa shape index (κ2) is 10.3. The topological polar surface area (TPSA) is 88.9 Å². The predicted molar refractivity (Wildman–Crippen MR) is 117 cm³/mol. The molecule has 1 atom stereocenters. The van der Waals surface area contributed by atoms with Crippen LogP contribution in [0.2, 0.25) is 5.02 Å². The van der Waals surface area contributed by atoms with Gasteiger partial charge < -0.3 is 15.2 Å². The highest BCUT2D eigenvalue weighted by Crippen LogP contribution is 2.20. The largest absolute Gasteiger partial charge is 0.351 e. The molecule has 1 heterocycles. The van der Waals surface area contributed by atoms with Crippen molar-refractivity contribution >= 4 is 35.2 Å². The molecule has 3 aromatic rings. The van der Waals surface area contributed by atoms with E-state index in [0.29, 0.717) is 28.1 Å². The number of carbonyl (C=O) groups is 2. The number of rotatable bonds is 8. The van der Waals surface area contributed by atoms with Crippen LogP contribution in [-0.2, 0) is 18.4 Å². The van der Waals surface area contributed by atoms with Crippen LogP contribution < -0.4 is 10.6 Å². The summed E-state index contributed by atoms with van der Waals surface area (Å²) >= 11 is 7.37. The fraction of sp³-hybridized carbons (Fsp3) is 0.238. The van der Waals surface area contributed by atoms with Crippen LogP contribution in [0.4, 0.5) is 0 Å². The average Bonchev–Trinajstić information content (AvgIpc) is 3.12. The Morgan fingerprint density at radius 3 is 2.53 bits per heavy atom. The van der Waals surface area contributed by atoms with Gasteiger partial charge in [0.15, 0.2) is 11.0 Å². The summed E-state index contributed by atoms with van der Waals surface area (Å²) in [6, 6.07) is 16.2. The molecule has 0 saturated heterocycles. The van der Waals surface area contributed by atoms with Crippen LogP contribution in [0.1, 0.15) is 34.7 Å². The van der Waals surface area contributed by atoms with Gasteiger partial charge in [0.25, 0.3) is 5.91 Å². The van der Waals surface area contributed by atoms with Crippen molar-refractivity contribution in [2.24, 2.45) is 7.05 Å². The highest BCUT2D eigenvalue weighted by atomic mass is 35.5. The lowest BCUT2D eigenvalue weighted by Crippen LogP contribution is -2.28. The molecule has 3 rings (SSSR count). The third-order valence-electron chi connectivity index (χ3n) is 4.39. The standard InChI is InChI=1S/C21H22ClN5O2S/c1-14(24-20(29)16-10-6-7-11-17(16)22)19-25-26-21(27(19)2)30-13-18(28)23-12-15-8-4-3-5-9-15/h3-11,14H,12-13H2,1-2H3,(H,23,28)(H,24,29). The van der Waals surface area contributed by atoms with E-state index in [0.717, 1.165) is 5.56 Å². The van der Waals surface area contributed by atoms with E-state index in [4.69, 9.17) is 11.6 Å². The van der Waals surface area contributed by atoms with Crippen LogP contribution >= 0.6 is 23.4 Å². The van der Waals surface area contributed by atoms with Crippen molar-refractivity contribution in [1.29, 1.82) is 0 Å². The third kappa shape index (κ3) is 5.61. The summed E-state index contributed by atoms with van der Waals surface area (Å²) in [5, 5.41) is 15.1. The van der Waals surface area contributed by atoms with Crippen molar-refractivity contribution in [2.45, 2.75) is 24.7 Å². The SMILES string of the molecule is CC(NC(=O)c1ccccc1Cl)c1nnc(SCC(=O)NCc2ccccc2)n1C. The van der Waals surface area contributed by atoms with Gasteiger partial charge in [0.1, 0.15) is 0 Å². The highest BCUT2D eigenvalue weighted by molar-refractivity contribution is 7.99. The lowest BCUT2D eigenvalue weighted by atomic mass is 10.2. The molecule has 1 aromatic heterocycles. The number of aromatic nitrogens is 3. The Bertz CT molecular complexity index is 1030. The minimum absolute atomic E-state index is 0.0894. The van der Waals surface area contributed by atoms with Gasteiger partial charge in [-0.05, 0) is 24.6 Å². The number of amides is 2. The monoisotopic (exact) mass is 443 g/mol. The quantitative estimate of drug-likeness (QED) is 0.521. The van der Waals surface area contributed by atoms with Crippen molar-refractivity contribution in [2.75, 3.05) is 5.75 Å². The third-order valence-corrected chi connectivity index (χ3v) is 5.74.